The van der Waals surface area contributed by atoms with Gasteiger partial charge in [-0.25, -0.2) is 9.59 Å². The second-order valence-electron chi connectivity index (χ2n) is 7.95. The van der Waals surface area contributed by atoms with Gasteiger partial charge in [-0.3, -0.25) is 0 Å². The largest absolute Gasteiger partial charge is 0.495 e. The van der Waals surface area contributed by atoms with Crippen molar-refractivity contribution < 1.29 is 28.4 Å². The molecule has 3 rings (SSSR count). The normalized spacial score (nSPS) is 23.5. The first-order valence-corrected chi connectivity index (χ1v) is 8.55. The quantitative estimate of drug-likeness (QED) is 0.349. The highest BCUT2D eigenvalue weighted by Gasteiger charge is 2.52. The van der Waals surface area contributed by atoms with E-state index in [0.717, 1.165) is 5.46 Å². The van der Waals surface area contributed by atoms with Crippen LogP contribution < -0.4 is 5.46 Å². The van der Waals surface area contributed by atoms with Crippen LogP contribution in [0.25, 0.3) is 6.08 Å². The Labute approximate surface area is 153 Å². The van der Waals surface area contributed by atoms with Crippen molar-refractivity contribution in [2.75, 3.05) is 0 Å². The van der Waals surface area contributed by atoms with Crippen LogP contribution in [-0.2, 0) is 28.4 Å². The van der Waals surface area contributed by atoms with Gasteiger partial charge >= 0.3 is 19.1 Å². The summed E-state index contributed by atoms with van der Waals surface area (Å²) in [5.41, 5.74) is 0.210. The third-order valence-corrected chi connectivity index (χ3v) is 4.92. The fourth-order valence-corrected chi connectivity index (χ4v) is 2.76. The van der Waals surface area contributed by atoms with Gasteiger partial charge in [0.1, 0.15) is 5.57 Å². The van der Waals surface area contributed by atoms with Gasteiger partial charge in [0.05, 0.1) is 11.2 Å². The predicted octanol–water partition coefficient (Wildman–Crippen LogP) is 2.21. The molecule has 2 aliphatic rings. The second-order valence-corrected chi connectivity index (χ2v) is 7.95. The summed E-state index contributed by atoms with van der Waals surface area (Å²) in [6.45, 7) is 10.9. The van der Waals surface area contributed by atoms with Crippen molar-refractivity contribution in [2.24, 2.45) is 0 Å². The molecule has 0 aliphatic carbocycles. The van der Waals surface area contributed by atoms with E-state index in [1.54, 1.807) is 6.07 Å². The number of carbonyl (C=O) groups is 2. The van der Waals surface area contributed by atoms with Crippen molar-refractivity contribution in [1.29, 1.82) is 0 Å². The first-order chi connectivity index (χ1) is 11.9. The van der Waals surface area contributed by atoms with Gasteiger partial charge < -0.3 is 18.8 Å². The van der Waals surface area contributed by atoms with Gasteiger partial charge in [-0.1, -0.05) is 24.3 Å². The number of cyclic esters (lactones) is 2. The highest BCUT2D eigenvalue weighted by Crippen LogP contribution is 2.36. The standard InChI is InChI=1S/C19H23BO6/c1-17(2)18(3,4)26-20(25-17)14-10-8-7-9-12(14)11-13-15(21)23-19(5,6)24-16(13)22/h7-11H,1-6H3. The average Bonchev–Trinajstić information content (AvgIpc) is 2.70. The molecule has 2 fully saturated rings. The topological polar surface area (TPSA) is 71.1 Å². The van der Waals surface area contributed by atoms with E-state index in [1.807, 2.05) is 45.9 Å². The summed E-state index contributed by atoms with van der Waals surface area (Å²) in [4.78, 5) is 24.4. The maximum atomic E-state index is 12.2. The zero-order valence-electron chi connectivity index (χ0n) is 15.9. The molecular weight excluding hydrogens is 335 g/mol. The molecule has 0 bridgehead atoms. The highest BCUT2D eigenvalue weighted by molar-refractivity contribution is 6.63. The van der Waals surface area contributed by atoms with E-state index in [-0.39, 0.29) is 5.57 Å². The van der Waals surface area contributed by atoms with Crippen molar-refractivity contribution >= 4 is 30.6 Å². The summed E-state index contributed by atoms with van der Waals surface area (Å²) in [6, 6.07) is 7.29. The molecule has 0 radical (unpaired) electrons. The van der Waals surface area contributed by atoms with Crippen LogP contribution in [0.5, 0.6) is 0 Å². The average molecular weight is 358 g/mol. The zero-order valence-corrected chi connectivity index (χ0v) is 15.9. The van der Waals surface area contributed by atoms with Crippen molar-refractivity contribution in [3.8, 4) is 0 Å². The molecule has 0 atom stereocenters. The number of ether oxygens (including phenoxy) is 2. The molecule has 2 saturated heterocycles. The highest BCUT2D eigenvalue weighted by atomic mass is 16.7. The minimum absolute atomic E-state index is 0.159. The minimum Gasteiger partial charge on any atom is -0.419 e. The summed E-state index contributed by atoms with van der Waals surface area (Å²) in [5.74, 6) is -2.69. The van der Waals surface area contributed by atoms with Crippen molar-refractivity contribution in [2.45, 2.75) is 58.5 Å². The lowest BCUT2D eigenvalue weighted by atomic mass is 9.75. The fourth-order valence-electron chi connectivity index (χ4n) is 2.76. The molecule has 138 valence electrons. The molecule has 0 unspecified atom stereocenters. The van der Waals surface area contributed by atoms with Crippen molar-refractivity contribution in [3.05, 3.63) is 35.4 Å². The molecule has 0 saturated carbocycles. The molecule has 2 aliphatic heterocycles. The Balaban J connectivity index is 1.97. The van der Waals surface area contributed by atoms with E-state index in [1.165, 1.54) is 19.9 Å². The maximum Gasteiger partial charge on any atom is 0.495 e. The first-order valence-electron chi connectivity index (χ1n) is 8.55. The monoisotopic (exact) mass is 358 g/mol. The summed E-state index contributed by atoms with van der Waals surface area (Å²) in [5, 5.41) is 0. The van der Waals surface area contributed by atoms with Gasteiger partial charge in [-0.15, -0.1) is 0 Å². The predicted molar refractivity (Wildman–Crippen MR) is 96.4 cm³/mol. The van der Waals surface area contributed by atoms with Gasteiger partial charge in [-0.05, 0) is 44.8 Å². The lowest BCUT2D eigenvalue weighted by molar-refractivity contribution is -0.222. The number of esters is 2. The Morgan fingerprint density at radius 3 is 1.88 bits per heavy atom. The van der Waals surface area contributed by atoms with Crippen LogP contribution in [0.1, 0.15) is 47.1 Å². The fraction of sp³-hybridized carbons (Fsp3) is 0.474. The Bertz CT molecular complexity index is 755. The molecule has 6 nitrogen and oxygen atoms in total. The third-order valence-electron chi connectivity index (χ3n) is 4.92. The van der Waals surface area contributed by atoms with Crippen LogP contribution >= 0.6 is 0 Å². The number of hydrogen-bond donors (Lipinski definition) is 0. The first kappa shape index (κ1) is 18.7. The lowest BCUT2D eigenvalue weighted by Crippen LogP contribution is -2.42. The van der Waals surface area contributed by atoms with Gasteiger partial charge in [0.25, 0.3) is 5.79 Å². The molecule has 1 aromatic rings. The molecule has 1 aromatic carbocycles. The molecule has 7 heteroatoms. The Hall–Kier alpha value is -2.12. The molecule has 0 amide bonds. The van der Waals surface area contributed by atoms with Crippen LogP contribution in [0.15, 0.2) is 29.8 Å². The molecule has 0 aromatic heterocycles. The summed E-state index contributed by atoms with van der Waals surface area (Å²) >= 11 is 0. The van der Waals surface area contributed by atoms with Gasteiger partial charge in [0.2, 0.25) is 0 Å². The van der Waals surface area contributed by atoms with Crippen LogP contribution in [0.2, 0.25) is 0 Å². The van der Waals surface area contributed by atoms with E-state index in [2.05, 4.69) is 0 Å². The SMILES string of the molecule is CC1(C)OC(=O)C(=Cc2ccccc2B2OC(C)(C)C(C)(C)O2)C(=O)O1. The smallest absolute Gasteiger partial charge is 0.419 e. The van der Waals surface area contributed by atoms with E-state index in [9.17, 15) is 9.59 Å². The van der Waals surface area contributed by atoms with E-state index >= 15 is 0 Å². The van der Waals surface area contributed by atoms with E-state index in [0.29, 0.717) is 5.56 Å². The van der Waals surface area contributed by atoms with Crippen molar-refractivity contribution in [3.63, 3.8) is 0 Å². The van der Waals surface area contributed by atoms with E-state index < -0.39 is 36.0 Å². The molecular formula is C19H23BO6. The van der Waals surface area contributed by atoms with Gasteiger partial charge in [0.15, 0.2) is 0 Å². The zero-order chi connectivity index (χ0) is 19.3. The molecule has 2 heterocycles. The van der Waals surface area contributed by atoms with Crippen LogP contribution in [0.3, 0.4) is 0 Å². The third kappa shape index (κ3) is 3.29. The Kier molecular flexibility index (Phi) is 4.28. The van der Waals surface area contributed by atoms with Crippen LogP contribution in [0, 0.1) is 0 Å². The molecule has 0 spiro atoms. The minimum atomic E-state index is -1.27. The van der Waals surface area contributed by atoms with E-state index in [4.69, 9.17) is 18.8 Å². The second kappa shape index (κ2) is 5.96. The number of benzene rings is 1. The van der Waals surface area contributed by atoms with Gasteiger partial charge in [0, 0.05) is 13.8 Å². The van der Waals surface area contributed by atoms with Gasteiger partial charge in [-0.2, -0.15) is 0 Å². The summed E-state index contributed by atoms with van der Waals surface area (Å²) in [6.07, 6.45) is 1.46. The van der Waals surface area contributed by atoms with Crippen LogP contribution in [-0.4, -0.2) is 36.0 Å². The summed E-state index contributed by atoms with van der Waals surface area (Å²) in [7, 11) is -0.611. The number of carbonyl (C=O) groups excluding carboxylic acids is 2. The number of rotatable bonds is 2. The van der Waals surface area contributed by atoms with Crippen LogP contribution in [0.4, 0.5) is 0 Å². The Morgan fingerprint density at radius 1 is 0.846 bits per heavy atom. The number of hydrogen-bond acceptors (Lipinski definition) is 6. The lowest BCUT2D eigenvalue weighted by Gasteiger charge is -2.32. The summed E-state index contributed by atoms with van der Waals surface area (Å²) < 4.78 is 22.5. The maximum absolute atomic E-state index is 12.2. The van der Waals surface area contributed by atoms with Crippen molar-refractivity contribution in [1.82, 2.24) is 0 Å². The Morgan fingerprint density at radius 2 is 1.35 bits per heavy atom. The molecule has 26 heavy (non-hydrogen) atoms. The molecule has 0 N–H and O–H groups in total.